The highest BCUT2D eigenvalue weighted by atomic mass is 16.5. The fraction of sp³-hybridized carbons (Fsp3) is 0.526. The van der Waals surface area contributed by atoms with Crippen LogP contribution in [0.15, 0.2) is 24.3 Å². The third kappa shape index (κ3) is 3.66. The number of benzene rings is 1. The predicted octanol–water partition coefficient (Wildman–Crippen LogP) is 1.16. The predicted molar refractivity (Wildman–Crippen MR) is 93.8 cm³/mol. The Bertz CT molecular complexity index is 688. The lowest BCUT2D eigenvalue weighted by atomic mass is 10.1. The van der Waals surface area contributed by atoms with Crippen LogP contribution < -0.4 is 4.74 Å². The number of hydrogen-bond donors (Lipinski definition) is 1. The van der Waals surface area contributed by atoms with Gasteiger partial charge in [0.15, 0.2) is 0 Å². The second kappa shape index (κ2) is 7.35. The van der Waals surface area contributed by atoms with Gasteiger partial charge in [0, 0.05) is 32.6 Å². The van der Waals surface area contributed by atoms with E-state index in [0.29, 0.717) is 51.9 Å². The van der Waals surface area contributed by atoms with E-state index in [2.05, 4.69) is 0 Å². The van der Waals surface area contributed by atoms with Gasteiger partial charge in [0.25, 0.3) is 0 Å². The van der Waals surface area contributed by atoms with Crippen LogP contribution in [0.25, 0.3) is 0 Å². The number of carbonyl (C=O) groups is 3. The van der Waals surface area contributed by atoms with Crippen LogP contribution in [0.1, 0.15) is 24.8 Å². The summed E-state index contributed by atoms with van der Waals surface area (Å²) in [5.41, 5.74) is -0.120. The summed E-state index contributed by atoms with van der Waals surface area (Å²) in [6.45, 7) is 1.73. The smallest absolute Gasteiger partial charge is 0.319 e. The summed E-state index contributed by atoms with van der Waals surface area (Å²) in [6, 6.07) is 7.65. The maximum Gasteiger partial charge on any atom is 0.319 e. The van der Waals surface area contributed by atoms with Crippen molar-refractivity contribution in [3.63, 3.8) is 0 Å². The molecule has 7 nitrogen and oxygen atoms in total. The van der Waals surface area contributed by atoms with Crippen molar-refractivity contribution in [3.05, 3.63) is 29.8 Å². The standard InChI is InChI=1S/C19H24N2O5/c1-26-15-5-2-14(3-6-15)4-7-16(22)20-10-12-21(13-11-20)17(23)19(8-9-19)18(24)25/h2-3,5-6H,4,7-13H2,1H3,(H,24,25). The Hall–Kier alpha value is -2.57. The third-order valence-electron chi connectivity index (χ3n) is 5.27. The Morgan fingerprint density at radius 2 is 1.62 bits per heavy atom. The molecule has 1 heterocycles. The molecule has 0 atom stereocenters. The van der Waals surface area contributed by atoms with Crippen LogP contribution in [-0.2, 0) is 20.8 Å². The number of rotatable bonds is 6. The van der Waals surface area contributed by atoms with E-state index in [9.17, 15) is 19.5 Å². The molecule has 1 aromatic rings. The zero-order valence-electron chi connectivity index (χ0n) is 14.9. The second-order valence-electron chi connectivity index (χ2n) is 6.91. The number of aliphatic carboxylic acids is 1. The number of hydrogen-bond acceptors (Lipinski definition) is 4. The molecular formula is C19H24N2O5. The van der Waals surface area contributed by atoms with Gasteiger partial charge in [-0.1, -0.05) is 12.1 Å². The normalized spacial score (nSPS) is 18.3. The Balaban J connectivity index is 1.46. The summed E-state index contributed by atoms with van der Waals surface area (Å²) >= 11 is 0. The van der Waals surface area contributed by atoms with Crippen molar-refractivity contribution in [2.24, 2.45) is 5.41 Å². The maximum atomic E-state index is 12.4. The molecule has 2 fully saturated rings. The highest BCUT2D eigenvalue weighted by Gasteiger charge is 2.58. The molecule has 0 bridgehead atoms. The molecule has 140 valence electrons. The monoisotopic (exact) mass is 360 g/mol. The quantitative estimate of drug-likeness (QED) is 0.770. The number of ether oxygens (including phenoxy) is 1. The van der Waals surface area contributed by atoms with Crippen molar-refractivity contribution in [2.75, 3.05) is 33.3 Å². The minimum Gasteiger partial charge on any atom is -0.497 e. The van der Waals surface area contributed by atoms with Crippen LogP contribution in [0.5, 0.6) is 5.75 Å². The summed E-state index contributed by atoms with van der Waals surface area (Å²) in [5.74, 6) is -0.473. The lowest BCUT2D eigenvalue weighted by molar-refractivity contribution is -0.155. The van der Waals surface area contributed by atoms with Gasteiger partial charge in [-0.25, -0.2) is 0 Å². The van der Waals surface area contributed by atoms with Crippen molar-refractivity contribution >= 4 is 17.8 Å². The first kappa shape index (κ1) is 18.2. The molecule has 7 heteroatoms. The first-order valence-electron chi connectivity index (χ1n) is 8.90. The number of aryl methyl sites for hydroxylation is 1. The molecule has 2 amide bonds. The molecule has 1 saturated carbocycles. The van der Waals surface area contributed by atoms with Crippen LogP contribution in [0.2, 0.25) is 0 Å². The highest BCUT2D eigenvalue weighted by Crippen LogP contribution is 2.47. The van der Waals surface area contributed by atoms with Gasteiger partial charge in [-0.3, -0.25) is 14.4 Å². The van der Waals surface area contributed by atoms with Crippen LogP contribution >= 0.6 is 0 Å². The minimum absolute atomic E-state index is 0.0623. The van der Waals surface area contributed by atoms with Gasteiger partial charge in [-0.15, -0.1) is 0 Å². The van der Waals surface area contributed by atoms with Crippen LogP contribution in [-0.4, -0.2) is 66.0 Å². The zero-order valence-corrected chi connectivity index (χ0v) is 14.9. The molecule has 0 unspecified atom stereocenters. The third-order valence-corrected chi connectivity index (χ3v) is 5.27. The fourth-order valence-electron chi connectivity index (χ4n) is 3.31. The van der Waals surface area contributed by atoms with E-state index in [1.807, 2.05) is 24.3 Å². The van der Waals surface area contributed by atoms with Crippen molar-refractivity contribution in [2.45, 2.75) is 25.7 Å². The molecule has 1 aliphatic carbocycles. The summed E-state index contributed by atoms with van der Waals surface area (Å²) in [5, 5.41) is 9.24. The van der Waals surface area contributed by atoms with Gasteiger partial charge in [-0.2, -0.15) is 0 Å². The fourth-order valence-corrected chi connectivity index (χ4v) is 3.31. The molecule has 0 aromatic heterocycles. The van der Waals surface area contributed by atoms with E-state index in [0.717, 1.165) is 11.3 Å². The Morgan fingerprint density at radius 1 is 1.04 bits per heavy atom. The van der Waals surface area contributed by atoms with Gasteiger partial charge in [-0.05, 0) is 37.0 Å². The summed E-state index contributed by atoms with van der Waals surface area (Å²) in [4.78, 5) is 39.4. The molecule has 0 radical (unpaired) electrons. The number of carboxylic acid groups (broad SMARTS) is 1. The lowest BCUT2D eigenvalue weighted by Gasteiger charge is -2.36. The summed E-state index contributed by atoms with van der Waals surface area (Å²) < 4.78 is 5.12. The lowest BCUT2D eigenvalue weighted by Crippen LogP contribution is -2.53. The molecular weight excluding hydrogens is 336 g/mol. The Morgan fingerprint density at radius 3 is 2.12 bits per heavy atom. The van der Waals surface area contributed by atoms with E-state index in [1.54, 1.807) is 16.9 Å². The van der Waals surface area contributed by atoms with Gasteiger partial charge >= 0.3 is 5.97 Å². The number of amides is 2. The number of carbonyl (C=O) groups excluding carboxylic acids is 2. The maximum absolute atomic E-state index is 12.4. The molecule has 1 aliphatic heterocycles. The molecule has 26 heavy (non-hydrogen) atoms. The van der Waals surface area contributed by atoms with Gasteiger partial charge in [0.2, 0.25) is 11.8 Å². The topological polar surface area (TPSA) is 87.2 Å². The van der Waals surface area contributed by atoms with Crippen LogP contribution in [0.4, 0.5) is 0 Å². The minimum atomic E-state index is -1.19. The number of piperazine rings is 1. The summed E-state index contributed by atoms with van der Waals surface area (Å²) in [7, 11) is 1.62. The molecule has 2 aliphatic rings. The molecule has 1 aromatic carbocycles. The van der Waals surface area contributed by atoms with E-state index in [4.69, 9.17) is 4.74 Å². The van der Waals surface area contributed by atoms with Gasteiger partial charge in [0.05, 0.1) is 7.11 Å². The SMILES string of the molecule is COc1ccc(CCC(=O)N2CCN(C(=O)C3(C(=O)O)CC3)CC2)cc1. The van der Waals surface area contributed by atoms with E-state index in [-0.39, 0.29) is 11.8 Å². The average Bonchev–Trinajstić information content (AvgIpc) is 3.48. The first-order valence-corrected chi connectivity index (χ1v) is 8.90. The van der Waals surface area contributed by atoms with Crippen molar-refractivity contribution in [1.29, 1.82) is 0 Å². The van der Waals surface area contributed by atoms with Crippen molar-refractivity contribution in [3.8, 4) is 5.75 Å². The number of carboxylic acids is 1. The van der Waals surface area contributed by atoms with Crippen molar-refractivity contribution < 1.29 is 24.2 Å². The Labute approximate surface area is 152 Å². The Kier molecular flexibility index (Phi) is 5.15. The zero-order chi connectivity index (χ0) is 18.7. The van der Waals surface area contributed by atoms with Gasteiger partial charge in [0.1, 0.15) is 11.2 Å². The average molecular weight is 360 g/mol. The summed E-state index contributed by atoms with van der Waals surface area (Å²) in [6.07, 6.45) is 1.91. The number of methoxy groups -OCH3 is 1. The van der Waals surface area contributed by atoms with Crippen LogP contribution in [0, 0.1) is 5.41 Å². The molecule has 0 spiro atoms. The van der Waals surface area contributed by atoms with Crippen molar-refractivity contribution in [1.82, 2.24) is 9.80 Å². The molecule has 1 N–H and O–H groups in total. The number of nitrogens with zero attached hydrogens (tertiary/aromatic N) is 2. The molecule has 3 rings (SSSR count). The van der Waals surface area contributed by atoms with E-state index >= 15 is 0 Å². The van der Waals surface area contributed by atoms with E-state index in [1.165, 1.54) is 0 Å². The molecule has 1 saturated heterocycles. The highest BCUT2D eigenvalue weighted by molar-refractivity contribution is 6.04. The largest absolute Gasteiger partial charge is 0.497 e. The first-order chi connectivity index (χ1) is 12.5. The van der Waals surface area contributed by atoms with Gasteiger partial charge < -0.3 is 19.6 Å². The van der Waals surface area contributed by atoms with E-state index < -0.39 is 11.4 Å². The van der Waals surface area contributed by atoms with Crippen LogP contribution in [0.3, 0.4) is 0 Å². The second-order valence-corrected chi connectivity index (χ2v) is 6.91.